The van der Waals surface area contributed by atoms with Gasteiger partial charge in [-0.1, -0.05) is 35.9 Å². The standard InChI is InChI=1S/C17H17ClN2O3/c1-12-5-2-3-6-13(12)8-10-19-15(21)11-23-17(22)14-7-4-9-20-16(14)18/h2-7,9H,8,10-11H2,1H3,(H,19,21). The summed E-state index contributed by atoms with van der Waals surface area (Å²) in [5.74, 6) is -1.02. The molecule has 0 radical (unpaired) electrons. The Morgan fingerprint density at radius 1 is 1.22 bits per heavy atom. The Bertz CT molecular complexity index is 704. The van der Waals surface area contributed by atoms with Crippen molar-refractivity contribution in [1.29, 1.82) is 0 Å². The number of rotatable bonds is 6. The number of nitrogens with one attached hydrogen (secondary N) is 1. The van der Waals surface area contributed by atoms with Crippen LogP contribution in [0, 0.1) is 6.92 Å². The highest BCUT2D eigenvalue weighted by Crippen LogP contribution is 2.12. The van der Waals surface area contributed by atoms with E-state index < -0.39 is 5.97 Å². The van der Waals surface area contributed by atoms with Gasteiger partial charge in [-0.3, -0.25) is 4.79 Å². The first kappa shape index (κ1) is 17.0. The number of carbonyl (C=O) groups excluding carboxylic acids is 2. The topological polar surface area (TPSA) is 68.3 Å². The van der Waals surface area contributed by atoms with Gasteiger partial charge in [-0.15, -0.1) is 0 Å². The van der Waals surface area contributed by atoms with Gasteiger partial charge in [0.05, 0.1) is 5.56 Å². The number of esters is 1. The first-order valence-corrected chi connectivity index (χ1v) is 7.54. The molecule has 0 saturated heterocycles. The average Bonchev–Trinajstić information content (AvgIpc) is 2.55. The van der Waals surface area contributed by atoms with E-state index in [1.165, 1.54) is 23.4 Å². The molecule has 0 bridgehead atoms. The van der Waals surface area contributed by atoms with Crippen molar-refractivity contribution in [3.8, 4) is 0 Å². The van der Waals surface area contributed by atoms with Gasteiger partial charge in [0.15, 0.2) is 6.61 Å². The number of hydrogen-bond donors (Lipinski definition) is 1. The molecule has 6 heteroatoms. The third-order valence-electron chi connectivity index (χ3n) is 3.29. The lowest BCUT2D eigenvalue weighted by Crippen LogP contribution is -2.30. The Morgan fingerprint density at radius 2 is 2.00 bits per heavy atom. The Kier molecular flexibility index (Phi) is 6.11. The zero-order chi connectivity index (χ0) is 16.7. The van der Waals surface area contributed by atoms with Crippen molar-refractivity contribution in [2.24, 2.45) is 0 Å². The number of aryl methyl sites for hydroxylation is 1. The summed E-state index contributed by atoms with van der Waals surface area (Å²) in [5, 5.41) is 2.77. The lowest BCUT2D eigenvalue weighted by molar-refractivity contribution is -0.124. The maximum absolute atomic E-state index is 11.8. The van der Waals surface area contributed by atoms with Crippen LogP contribution in [0.5, 0.6) is 0 Å². The maximum atomic E-state index is 11.8. The van der Waals surface area contributed by atoms with Crippen LogP contribution >= 0.6 is 11.6 Å². The molecule has 0 saturated carbocycles. The van der Waals surface area contributed by atoms with Gasteiger partial charge in [0.2, 0.25) is 0 Å². The summed E-state index contributed by atoms with van der Waals surface area (Å²) in [7, 11) is 0. The highest BCUT2D eigenvalue weighted by Gasteiger charge is 2.13. The summed E-state index contributed by atoms with van der Waals surface area (Å²) >= 11 is 5.79. The number of aromatic nitrogens is 1. The van der Waals surface area contributed by atoms with Gasteiger partial charge in [-0.25, -0.2) is 9.78 Å². The molecule has 0 fully saturated rings. The molecule has 0 aliphatic carbocycles. The van der Waals surface area contributed by atoms with Crippen LogP contribution in [-0.4, -0.2) is 30.0 Å². The van der Waals surface area contributed by atoms with E-state index in [1.807, 2.05) is 31.2 Å². The fraction of sp³-hybridized carbons (Fsp3) is 0.235. The fourth-order valence-corrected chi connectivity index (χ4v) is 2.22. The smallest absolute Gasteiger partial charge is 0.341 e. The van der Waals surface area contributed by atoms with Gasteiger partial charge >= 0.3 is 5.97 Å². The largest absolute Gasteiger partial charge is 0.452 e. The first-order chi connectivity index (χ1) is 11.1. The van der Waals surface area contributed by atoms with E-state index in [0.29, 0.717) is 6.54 Å². The van der Waals surface area contributed by atoms with Crippen LogP contribution in [0.15, 0.2) is 42.6 Å². The van der Waals surface area contributed by atoms with Crippen LogP contribution in [0.25, 0.3) is 0 Å². The fourth-order valence-electron chi connectivity index (χ4n) is 2.03. The van der Waals surface area contributed by atoms with Crippen molar-refractivity contribution < 1.29 is 14.3 Å². The second-order valence-corrected chi connectivity index (χ2v) is 5.30. The van der Waals surface area contributed by atoms with Gasteiger partial charge < -0.3 is 10.1 Å². The predicted octanol–water partition coefficient (Wildman–Crippen LogP) is 2.56. The molecule has 23 heavy (non-hydrogen) atoms. The number of pyridine rings is 1. The molecular weight excluding hydrogens is 316 g/mol. The van der Waals surface area contributed by atoms with Gasteiger partial charge in [-0.05, 0) is 36.6 Å². The first-order valence-electron chi connectivity index (χ1n) is 7.17. The lowest BCUT2D eigenvalue weighted by Gasteiger charge is -2.08. The van der Waals surface area contributed by atoms with E-state index in [4.69, 9.17) is 16.3 Å². The summed E-state index contributed by atoms with van der Waals surface area (Å²) < 4.78 is 4.92. The van der Waals surface area contributed by atoms with E-state index in [2.05, 4.69) is 10.3 Å². The Balaban J connectivity index is 1.74. The van der Waals surface area contributed by atoms with E-state index in [-0.39, 0.29) is 23.2 Å². The molecule has 0 aliphatic heterocycles. The summed E-state index contributed by atoms with van der Waals surface area (Å²) in [5.41, 5.74) is 2.49. The van der Waals surface area contributed by atoms with Gasteiger partial charge in [0, 0.05) is 12.7 Å². The quantitative estimate of drug-likeness (QED) is 0.652. The number of amides is 1. The predicted molar refractivity (Wildman–Crippen MR) is 87.4 cm³/mol. The van der Waals surface area contributed by atoms with Crippen molar-refractivity contribution in [3.05, 3.63) is 64.4 Å². The molecule has 1 amide bonds. The molecule has 1 aromatic carbocycles. The minimum Gasteiger partial charge on any atom is -0.452 e. The molecular formula is C17H17ClN2O3. The molecule has 0 unspecified atom stereocenters. The molecule has 0 atom stereocenters. The van der Waals surface area contributed by atoms with Gasteiger partial charge in [0.25, 0.3) is 5.91 Å². The van der Waals surface area contributed by atoms with Crippen LogP contribution in [0.1, 0.15) is 21.5 Å². The molecule has 120 valence electrons. The van der Waals surface area contributed by atoms with E-state index in [1.54, 1.807) is 6.07 Å². The maximum Gasteiger partial charge on any atom is 0.341 e. The third-order valence-corrected chi connectivity index (χ3v) is 3.59. The summed E-state index contributed by atoms with van der Waals surface area (Å²) in [6.07, 6.45) is 2.19. The van der Waals surface area contributed by atoms with Crippen LogP contribution in [0.4, 0.5) is 0 Å². The van der Waals surface area contributed by atoms with Crippen molar-refractivity contribution in [3.63, 3.8) is 0 Å². The van der Waals surface area contributed by atoms with Crippen LogP contribution in [0.2, 0.25) is 5.15 Å². The second-order valence-electron chi connectivity index (χ2n) is 4.94. The van der Waals surface area contributed by atoms with Crippen molar-refractivity contribution in [2.75, 3.05) is 13.2 Å². The molecule has 2 rings (SSSR count). The molecule has 1 aromatic heterocycles. The molecule has 5 nitrogen and oxygen atoms in total. The molecule has 1 N–H and O–H groups in total. The number of benzene rings is 1. The third kappa shape index (κ3) is 5.07. The van der Waals surface area contributed by atoms with Crippen molar-refractivity contribution >= 4 is 23.5 Å². The number of nitrogens with zero attached hydrogens (tertiary/aromatic N) is 1. The van der Waals surface area contributed by atoms with Crippen LogP contribution in [0.3, 0.4) is 0 Å². The van der Waals surface area contributed by atoms with Crippen molar-refractivity contribution in [1.82, 2.24) is 10.3 Å². The highest BCUT2D eigenvalue weighted by atomic mass is 35.5. The number of carbonyl (C=O) groups is 2. The zero-order valence-electron chi connectivity index (χ0n) is 12.7. The Hall–Kier alpha value is -2.40. The molecule has 1 heterocycles. The normalized spacial score (nSPS) is 10.2. The Morgan fingerprint density at radius 3 is 2.74 bits per heavy atom. The summed E-state index contributed by atoms with van der Waals surface area (Å²) in [6, 6.07) is 11.0. The minimum atomic E-state index is -0.669. The van der Waals surface area contributed by atoms with Crippen molar-refractivity contribution in [2.45, 2.75) is 13.3 Å². The highest BCUT2D eigenvalue weighted by molar-refractivity contribution is 6.32. The monoisotopic (exact) mass is 332 g/mol. The summed E-state index contributed by atoms with van der Waals surface area (Å²) in [6.45, 7) is 2.16. The van der Waals surface area contributed by atoms with E-state index in [0.717, 1.165) is 6.42 Å². The number of hydrogen-bond acceptors (Lipinski definition) is 4. The van der Waals surface area contributed by atoms with E-state index in [9.17, 15) is 9.59 Å². The van der Waals surface area contributed by atoms with E-state index >= 15 is 0 Å². The number of halogens is 1. The SMILES string of the molecule is Cc1ccccc1CCNC(=O)COC(=O)c1cccnc1Cl. The molecule has 0 spiro atoms. The minimum absolute atomic E-state index is 0.0532. The number of ether oxygens (including phenoxy) is 1. The lowest BCUT2D eigenvalue weighted by atomic mass is 10.1. The second kappa shape index (κ2) is 8.29. The molecule has 2 aromatic rings. The zero-order valence-corrected chi connectivity index (χ0v) is 13.5. The molecule has 0 aliphatic rings. The summed E-state index contributed by atoms with van der Waals surface area (Å²) in [4.78, 5) is 27.3. The van der Waals surface area contributed by atoms with Gasteiger partial charge in [-0.2, -0.15) is 0 Å². The van der Waals surface area contributed by atoms with Crippen LogP contribution < -0.4 is 5.32 Å². The van der Waals surface area contributed by atoms with Crippen LogP contribution in [-0.2, 0) is 16.0 Å². The van der Waals surface area contributed by atoms with Gasteiger partial charge in [0.1, 0.15) is 5.15 Å². The average molecular weight is 333 g/mol. The Labute approximate surface area is 139 Å².